The lowest BCUT2D eigenvalue weighted by Gasteiger charge is -2.51. The van der Waals surface area contributed by atoms with Crippen LogP contribution in [0.2, 0.25) is 18.1 Å². The SMILES string of the molecule is CCSC(=S)S[C@@H]1[C@@H](C(C)O[Si](C)(C)C(C)(C)C)C(=O)N1C(O)C(=O)OCc1ccc([N+](=O)[O-])cc1. The average Bonchev–Trinajstić information content (AvgIpc) is 2.76. The second-order valence-corrected chi connectivity index (χ2v) is 18.3. The summed E-state index contributed by atoms with van der Waals surface area (Å²) >= 11 is 8.15. The molecule has 1 amide bonds. The molecule has 1 aromatic rings. The van der Waals surface area contributed by atoms with Gasteiger partial charge < -0.3 is 14.3 Å². The van der Waals surface area contributed by atoms with Gasteiger partial charge in [-0.3, -0.25) is 19.8 Å². The number of nitro benzene ring substituents is 1. The minimum atomic E-state index is -2.17. The average molecular weight is 575 g/mol. The van der Waals surface area contributed by atoms with Crippen LogP contribution in [0.4, 0.5) is 5.69 Å². The van der Waals surface area contributed by atoms with Crippen molar-refractivity contribution in [1.82, 2.24) is 4.90 Å². The summed E-state index contributed by atoms with van der Waals surface area (Å²) in [4.78, 5) is 37.2. The molecule has 0 saturated carbocycles. The molecule has 9 nitrogen and oxygen atoms in total. The number of hydrogen-bond donors (Lipinski definition) is 1. The predicted molar refractivity (Wildman–Crippen MR) is 149 cm³/mol. The van der Waals surface area contributed by atoms with Crippen LogP contribution in [0.25, 0.3) is 0 Å². The van der Waals surface area contributed by atoms with E-state index in [0.29, 0.717) is 9.09 Å². The third kappa shape index (κ3) is 7.29. The van der Waals surface area contributed by atoms with Crippen LogP contribution in [0.15, 0.2) is 24.3 Å². The Kier molecular flexibility index (Phi) is 10.5. The van der Waals surface area contributed by atoms with Gasteiger partial charge in [0, 0.05) is 12.1 Å². The van der Waals surface area contributed by atoms with Crippen molar-refractivity contribution in [3.8, 4) is 0 Å². The van der Waals surface area contributed by atoms with Gasteiger partial charge in [0.05, 0.1) is 16.9 Å². The molecule has 4 atom stereocenters. The second kappa shape index (κ2) is 12.4. The van der Waals surface area contributed by atoms with Crippen molar-refractivity contribution < 1.29 is 28.8 Å². The topological polar surface area (TPSA) is 119 Å². The molecule has 1 aliphatic heterocycles. The molecular formula is C23H34N2O7S3Si. The summed E-state index contributed by atoms with van der Waals surface area (Å²) < 4.78 is 12.3. The summed E-state index contributed by atoms with van der Waals surface area (Å²) in [7, 11) is -2.17. The van der Waals surface area contributed by atoms with E-state index in [1.807, 2.05) is 13.8 Å². The standard InChI is InChI=1S/C23H34N2O7S3Si/c1-8-34-22(33)35-20-17(14(2)32-36(6,7)23(3,4)5)18(26)24(20)19(27)21(28)31-13-15-9-11-16(12-10-15)25(29)30/h9-12,14,17,19-20,27H,8,13H2,1-7H3/t14?,17-,19?,20+/m0/s1. The first-order chi connectivity index (χ1) is 16.6. The molecule has 1 fully saturated rings. The van der Waals surface area contributed by atoms with Gasteiger partial charge in [0.1, 0.15) is 15.5 Å². The maximum Gasteiger partial charge on any atom is 0.356 e. The Balaban J connectivity index is 2.13. The number of hydrogen-bond acceptors (Lipinski definition) is 10. The lowest BCUT2D eigenvalue weighted by Crippen LogP contribution is -2.68. The highest BCUT2D eigenvalue weighted by Crippen LogP contribution is 2.44. The van der Waals surface area contributed by atoms with Gasteiger partial charge in [0.2, 0.25) is 12.1 Å². The number of thiocarbonyl (C=S) groups is 1. The van der Waals surface area contributed by atoms with E-state index in [4.69, 9.17) is 21.4 Å². The van der Waals surface area contributed by atoms with Gasteiger partial charge in [0.25, 0.3) is 5.69 Å². The zero-order valence-corrected chi connectivity index (χ0v) is 25.0. The Bertz CT molecular complexity index is 985. The number of nitrogens with zero attached hydrogens (tertiary/aromatic N) is 2. The highest BCUT2D eigenvalue weighted by atomic mass is 32.2. The summed E-state index contributed by atoms with van der Waals surface area (Å²) in [6.45, 7) is 14.2. The van der Waals surface area contributed by atoms with Crippen molar-refractivity contribution in [3.05, 3.63) is 39.9 Å². The van der Waals surface area contributed by atoms with Gasteiger partial charge >= 0.3 is 5.97 Å². The number of rotatable bonds is 10. The van der Waals surface area contributed by atoms with Crippen molar-refractivity contribution in [2.24, 2.45) is 5.92 Å². The fraction of sp³-hybridized carbons (Fsp3) is 0.609. The number of esters is 1. The summed E-state index contributed by atoms with van der Waals surface area (Å²) in [5, 5.41) is 20.9. The zero-order chi connectivity index (χ0) is 27.4. The number of carbonyl (C=O) groups excluding carboxylic acids is 2. The molecule has 0 bridgehead atoms. The lowest BCUT2D eigenvalue weighted by molar-refractivity contribution is -0.384. The number of carbonyl (C=O) groups is 2. The van der Waals surface area contributed by atoms with Crippen molar-refractivity contribution in [3.63, 3.8) is 0 Å². The van der Waals surface area contributed by atoms with E-state index in [0.717, 1.165) is 10.7 Å². The van der Waals surface area contributed by atoms with Crippen LogP contribution in [-0.2, 0) is 25.4 Å². The number of ether oxygens (including phenoxy) is 1. The Morgan fingerprint density at radius 1 is 1.31 bits per heavy atom. The van der Waals surface area contributed by atoms with Gasteiger partial charge in [-0.1, -0.05) is 51.7 Å². The van der Waals surface area contributed by atoms with E-state index in [1.165, 1.54) is 47.8 Å². The number of non-ortho nitro benzene ring substituents is 1. The third-order valence-electron chi connectivity index (χ3n) is 6.40. The summed E-state index contributed by atoms with van der Waals surface area (Å²) in [5.74, 6) is -1.20. The van der Waals surface area contributed by atoms with E-state index >= 15 is 0 Å². The highest BCUT2D eigenvalue weighted by molar-refractivity contribution is 8.47. The summed E-state index contributed by atoms with van der Waals surface area (Å²) in [5.41, 5.74) is 0.425. The fourth-order valence-corrected chi connectivity index (χ4v) is 7.60. The Morgan fingerprint density at radius 3 is 2.39 bits per heavy atom. The number of likely N-dealkylation sites (tertiary alicyclic amines) is 1. The molecule has 1 aromatic carbocycles. The second-order valence-electron chi connectivity index (χ2n) is 9.95. The first-order valence-electron chi connectivity index (χ1n) is 11.5. The van der Waals surface area contributed by atoms with Crippen molar-refractivity contribution in [2.45, 2.75) is 77.1 Å². The molecule has 1 N–H and O–H groups in total. The smallest absolute Gasteiger partial charge is 0.356 e. The van der Waals surface area contributed by atoms with Crippen LogP contribution in [0.1, 0.15) is 40.2 Å². The monoisotopic (exact) mass is 574 g/mol. The lowest BCUT2D eigenvalue weighted by atomic mass is 9.92. The largest absolute Gasteiger partial charge is 0.457 e. The molecule has 1 saturated heterocycles. The number of benzene rings is 1. The summed E-state index contributed by atoms with van der Waals surface area (Å²) in [6, 6.07) is 5.51. The van der Waals surface area contributed by atoms with Gasteiger partial charge in [-0.2, -0.15) is 0 Å². The number of β-lactam (4-membered cyclic amide) rings is 1. The molecular weight excluding hydrogens is 541 g/mol. The Labute approximate surface area is 226 Å². The van der Waals surface area contributed by atoms with Crippen LogP contribution in [0.3, 0.4) is 0 Å². The van der Waals surface area contributed by atoms with E-state index in [2.05, 4.69) is 33.9 Å². The predicted octanol–water partition coefficient (Wildman–Crippen LogP) is 4.92. The number of aliphatic hydroxyl groups excluding tert-OH is 1. The van der Waals surface area contributed by atoms with Crippen LogP contribution in [0, 0.1) is 16.0 Å². The normalized spacial score (nSPS) is 19.9. The van der Waals surface area contributed by atoms with Gasteiger partial charge in [0.15, 0.2) is 8.32 Å². The van der Waals surface area contributed by atoms with E-state index < -0.39 is 48.7 Å². The molecule has 36 heavy (non-hydrogen) atoms. The molecule has 200 valence electrons. The first-order valence-corrected chi connectivity index (χ1v) is 16.7. The van der Waals surface area contributed by atoms with Crippen molar-refractivity contribution >= 4 is 65.2 Å². The first kappa shape index (κ1) is 30.7. The van der Waals surface area contributed by atoms with Crippen molar-refractivity contribution in [1.29, 1.82) is 0 Å². The summed E-state index contributed by atoms with van der Waals surface area (Å²) in [6.07, 6.45) is -2.23. The molecule has 2 unspecified atom stereocenters. The highest BCUT2D eigenvalue weighted by Gasteiger charge is 2.56. The quantitative estimate of drug-likeness (QED) is 0.103. The number of aliphatic hydroxyl groups is 1. The molecule has 0 aromatic heterocycles. The van der Waals surface area contributed by atoms with Crippen LogP contribution < -0.4 is 0 Å². The Hall–Kier alpha value is -1.51. The van der Waals surface area contributed by atoms with Crippen LogP contribution >= 0.6 is 35.7 Å². The fourth-order valence-electron chi connectivity index (χ4n) is 3.35. The molecule has 2 rings (SSSR count). The molecule has 13 heteroatoms. The van der Waals surface area contributed by atoms with Gasteiger partial charge in [-0.05, 0) is 48.5 Å². The third-order valence-corrected chi connectivity index (χ3v) is 13.7. The molecule has 1 aliphatic rings. The molecule has 0 radical (unpaired) electrons. The van der Waals surface area contributed by atoms with E-state index in [-0.39, 0.29) is 17.3 Å². The minimum Gasteiger partial charge on any atom is -0.457 e. The molecule has 0 spiro atoms. The van der Waals surface area contributed by atoms with E-state index in [9.17, 15) is 24.8 Å². The minimum absolute atomic E-state index is 0.0507. The van der Waals surface area contributed by atoms with Gasteiger partial charge in [-0.15, -0.1) is 11.8 Å². The molecule has 0 aliphatic carbocycles. The van der Waals surface area contributed by atoms with Gasteiger partial charge in [-0.25, -0.2) is 4.79 Å². The van der Waals surface area contributed by atoms with Crippen molar-refractivity contribution in [2.75, 3.05) is 5.75 Å². The number of nitro groups is 1. The van der Waals surface area contributed by atoms with E-state index in [1.54, 1.807) is 0 Å². The maximum atomic E-state index is 13.2. The number of amides is 1. The molecule has 1 heterocycles. The Morgan fingerprint density at radius 2 is 1.89 bits per heavy atom. The zero-order valence-electron chi connectivity index (χ0n) is 21.5. The van der Waals surface area contributed by atoms with Crippen LogP contribution in [0.5, 0.6) is 0 Å². The number of thioether (sulfide) groups is 2. The van der Waals surface area contributed by atoms with Crippen LogP contribution in [-0.4, -0.2) is 62.1 Å². The maximum absolute atomic E-state index is 13.2.